The molecule has 1 aromatic rings. The second-order valence-corrected chi connectivity index (χ2v) is 6.36. The third-order valence-electron chi connectivity index (χ3n) is 4.99. The SMILES string of the molecule is CCN(CC)C1CCN(C(=NC)NCc2cc(OC)c(O)c(OC)c2)C1.I. The molecule has 154 valence electrons. The van der Waals surface area contributed by atoms with Crippen molar-refractivity contribution in [1.29, 1.82) is 0 Å². The smallest absolute Gasteiger partial charge is 0.200 e. The van der Waals surface area contributed by atoms with E-state index in [0.717, 1.165) is 44.1 Å². The fourth-order valence-corrected chi connectivity index (χ4v) is 3.54. The van der Waals surface area contributed by atoms with Gasteiger partial charge < -0.3 is 24.8 Å². The first kappa shape index (κ1) is 23.6. The number of phenolic OH excluding ortho intramolecular Hbond substituents is 1. The molecule has 0 amide bonds. The molecular formula is C19H33IN4O3. The lowest BCUT2D eigenvalue weighted by atomic mass is 10.2. The summed E-state index contributed by atoms with van der Waals surface area (Å²) >= 11 is 0. The summed E-state index contributed by atoms with van der Waals surface area (Å²) in [4.78, 5) is 9.24. The fourth-order valence-electron chi connectivity index (χ4n) is 3.54. The second-order valence-electron chi connectivity index (χ2n) is 6.36. The number of halogens is 1. The molecule has 1 aromatic carbocycles. The maximum atomic E-state index is 10.0. The lowest BCUT2D eigenvalue weighted by molar-refractivity contribution is 0.223. The number of likely N-dealkylation sites (N-methyl/N-ethyl adjacent to an activating group) is 1. The number of rotatable bonds is 7. The zero-order valence-corrected chi connectivity index (χ0v) is 19.3. The number of guanidine groups is 1. The van der Waals surface area contributed by atoms with E-state index < -0.39 is 0 Å². The predicted molar refractivity (Wildman–Crippen MR) is 120 cm³/mol. The van der Waals surface area contributed by atoms with Crippen LogP contribution >= 0.6 is 24.0 Å². The van der Waals surface area contributed by atoms with Crippen LogP contribution < -0.4 is 14.8 Å². The number of phenols is 1. The average Bonchev–Trinajstić information content (AvgIpc) is 3.14. The highest BCUT2D eigenvalue weighted by atomic mass is 127. The summed E-state index contributed by atoms with van der Waals surface area (Å²) in [6.07, 6.45) is 1.16. The highest BCUT2D eigenvalue weighted by Gasteiger charge is 2.28. The molecule has 0 saturated carbocycles. The van der Waals surface area contributed by atoms with E-state index >= 15 is 0 Å². The summed E-state index contributed by atoms with van der Waals surface area (Å²) in [5, 5.41) is 13.4. The molecule has 27 heavy (non-hydrogen) atoms. The van der Waals surface area contributed by atoms with Crippen molar-refractivity contribution in [3.63, 3.8) is 0 Å². The number of aromatic hydroxyl groups is 1. The van der Waals surface area contributed by atoms with Crippen molar-refractivity contribution in [2.45, 2.75) is 32.9 Å². The van der Waals surface area contributed by atoms with Crippen LogP contribution in [0.4, 0.5) is 0 Å². The van der Waals surface area contributed by atoms with Crippen molar-refractivity contribution >= 4 is 29.9 Å². The van der Waals surface area contributed by atoms with Crippen LogP contribution in [0.3, 0.4) is 0 Å². The van der Waals surface area contributed by atoms with E-state index in [-0.39, 0.29) is 29.7 Å². The van der Waals surface area contributed by atoms with Crippen LogP contribution in [-0.2, 0) is 6.54 Å². The number of nitrogens with zero attached hydrogens (tertiary/aromatic N) is 3. The van der Waals surface area contributed by atoms with Crippen molar-refractivity contribution in [3.05, 3.63) is 17.7 Å². The summed E-state index contributed by atoms with van der Waals surface area (Å²) in [6.45, 7) is 9.15. The van der Waals surface area contributed by atoms with Crippen LogP contribution in [0.2, 0.25) is 0 Å². The number of aliphatic imine (C=N–C) groups is 1. The molecule has 1 saturated heterocycles. The van der Waals surface area contributed by atoms with Crippen molar-refractivity contribution in [3.8, 4) is 17.2 Å². The molecule has 0 aliphatic carbocycles. The molecule has 8 heteroatoms. The van der Waals surface area contributed by atoms with Gasteiger partial charge in [-0.05, 0) is 37.2 Å². The number of nitrogens with one attached hydrogen (secondary N) is 1. The van der Waals surface area contributed by atoms with Crippen LogP contribution in [0, 0.1) is 0 Å². The van der Waals surface area contributed by atoms with Gasteiger partial charge in [0.2, 0.25) is 5.75 Å². The van der Waals surface area contributed by atoms with Crippen LogP contribution in [0.5, 0.6) is 17.2 Å². The molecular weight excluding hydrogens is 459 g/mol. The fraction of sp³-hybridized carbons (Fsp3) is 0.632. The Morgan fingerprint density at radius 3 is 2.33 bits per heavy atom. The molecule has 0 spiro atoms. The van der Waals surface area contributed by atoms with Gasteiger partial charge in [-0.2, -0.15) is 0 Å². The molecule has 7 nitrogen and oxygen atoms in total. The highest BCUT2D eigenvalue weighted by molar-refractivity contribution is 14.0. The van der Waals surface area contributed by atoms with Gasteiger partial charge in [-0.25, -0.2) is 0 Å². The summed E-state index contributed by atoms with van der Waals surface area (Å²) in [7, 11) is 4.87. The number of hydrogen-bond acceptors (Lipinski definition) is 5. The summed E-state index contributed by atoms with van der Waals surface area (Å²) in [6, 6.07) is 4.19. The Bertz CT molecular complexity index is 598. The topological polar surface area (TPSA) is 69.6 Å². The Balaban J connectivity index is 0.00000364. The monoisotopic (exact) mass is 492 g/mol. The number of ether oxygens (including phenoxy) is 2. The molecule has 2 rings (SSSR count). The number of methoxy groups -OCH3 is 2. The molecule has 0 radical (unpaired) electrons. The summed E-state index contributed by atoms with van der Waals surface area (Å²) < 4.78 is 10.4. The van der Waals surface area contributed by atoms with E-state index in [1.165, 1.54) is 14.2 Å². The highest BCUT2D eigenvalue weighted by Crippen LogP contribution is 2.37. The molecule has 1 unspecified atom stereocenters. The zero-order valence-electron chi connectivity index (χ0n) is 17.0. The lowest BCUT2D eigenvalue weighted by Crippen LogP contribution is -2.43. The third-order valence-corrected chi connectivity index (χ3v) is 4.99. The van der Waals surface area contributed by atoms with Crippen molar-refractivity contribution < 1.29 is 14.6 Å². The third kappa shape index (κ3) is 5.78. The maximum absolute atomic E-state index is 10.0. The summed E-state index contributed by atoms with van der Waals surface area (Å²) in [5.41, 5.74) is 0.956. The van der Waals surface area contributed by atoms with Crippen molar-refractivity contribution in [2.75, 3.05) is 47.4 Å². The van der Waals surface area contributed by atoms with Gasteiger partial charge in [-0.15, -0.1) is 24.0 Å². The van der Waals surface area contributed by atoms with E-state index in [1.54, 1.807) is 12.1 Å². The second kappa shape index (κ2) is 11.4. The Labute approximate surface area is 179 Å². The van der Waals surface area contributed by atoms with Crippen molar-refractivity contribution in [1.82, 2.24) is 15.1 Å². The first-order valence-corrected chi connectivity index (χ1v) is 9.21. The standard InChI is InChI=1S/C19H32N4O3.HI/c1-6-22(7-2)15-8-9-23(13-15)19(20-3)21-12-14-10-16(25-4)18(24)17(11-14)26-5;/h10-11,15,24H,6-9,12-13H2,1-5H3,(H,20,21);1H. The van der Waals surface area contributed by atoms with E-state index in [9.17, 15) is 5.11 Å². The number of likely N-dealkylation sites (tertiary alicyclic amines) is 1. The van der Waals surface area contributed by atoms with Gasteiger partial charge in [0.15, 0.2) is 17.5 Å². The van der Waals surface area contributed by atoms with E-state index in [0.29, 0.717) is 24.1 Å². The average molecular weight is 492 g/mol. The molecule has 1 heterocycles. The number of benzene rings is 1. The summed E-state index contributed by atoms with van der Waals surface area (Å²) in [5.74, 6) is 1.72. The Hall–Kier alpha value is -1.42. The van der Waals surface area contributed by atoms with E-state index in [4.69, 9.17) is 9.47 Å². The van der Waals surface area contributed by atoms with Gasteiger partial charge in [-0.3, -0.25) is 9.89 Å². The van der Waals surface area contributed by atoms with E-state index in [2.05, 4.69) is 34.0 Å². The van der Waals surface area contributed by atoms with Gasteiger partial charge in [-0.1, -0.05) is 13.8 Å². The van der Waals surface area contributed by atoms with Crippen molar-refractivity contribution in [2.24, 2.45) is 4.99 Å². The molecule has 0 bridgehead atoms. The van der Waals surface area contributed by atoms with Gasteiger partial charge in [0.05, 0.1) is 14.2 Å². The van der Waals surface area contributed by atoms with Gasteiger partial charge in [0, 0.05) is 32.7 Å². The molecule has 1 fully saturated rings. The molecule has 2 N–H and O–H groups in total. The minimum atomic E-state index is 0. The van der Waals surface area contributed by atoms with Crippen LogP contribution in [0.1, 0.15) is 25.8 Å². The molecule has 1 atom stereocenters. The lowest BCUT2D eigenvalue weighted by Gasteiger charge is -2.27. The van der Waals surface area contributed by atoms with E-state index in [1.807, 2.05) is 7.05 Å². The minimum absolute atomic E-state index is 0. The Kier molecular flexibility index (Phi) is 10.00. The zero-order chi connectivity index (χ0) is 19.1. The first-order chi connectivity index (χ1) is 12.6. The molecule has 1 aliphatic rings. The molecule has 1 aliphatic heterocycles. The number of hydrogen-bond donors (Lipinski definition) is 2. The van der Waals surface area contributed by atoms with Crippen LogP contribution in [0.25, 0.3) is 0 Å². The molecule has 0 aromatic heterocycles. The first-order valence-electron chi connectivity index (χ1n) is 9.21. The normalized spacial score (nSPS) is 17.0. The minimum Gasteiger partial charge on any atom is -0.502 e. The van der Waals surface area contributed by atoms with Crippen LogP contribution in [0.15, 0.2) is 17.1 Å². The maximum Gasteiger partial charge on any atom is 0.200 e. The largest absolute Gasteiger partial charge is 0.502 e. The van der Waals surface area contributed by atoms with Crippen LogP contribution in [-0.4, -0.2) is 74.4 Å². The van der Waals surface area contributed by atoms with Gasteiger partial charge >= 0.3 is 0 Å². The quantitative estimate of drug-likeness (QED) is 0.347. The Morgan fingerprint density at radius 1 is 1.26 bits per heavy atom. The Morgan fingerprint density at radius 2 is 1.85 bits per heavy atom. The predicted octanol–water partition coefficient (Wildman–Crippen LogP) is 2.52. The van der Waals surface area contributed by atoms with Gasteiger partial charge in [0.1, 0.15) is 0 Å². The van der Waals surface area contributed by atoms with Gasteiger partial charge in [0.25, 0.3) is 0 Å².